The van der Waals surface area contributed by atoms with Gasteiger partial charge in [0.2, 0.25) is 0 Å². The van der Waals surface area contributed by atoms with Crippen molar-refractivity contribution in [3.8, 4) is 0 Å². The molecule has 0 aromatic carbocycles. The van der Waals surface area contributed by atoms with Crippen LogP contribution in [0.2, 0.25) is 0 Å². The van der Waals surface area contributed by atoms with E-state index in [0.717, 1.165) is 18.9 Å². The fraction of sp³-hybridized carbons (Fsp3) is 0.500. The second kappa shape index (κ2) is 4.12. The Bertz CT molecular complexity index is 395. The number of rotatable bonds is 1. The van der Waals surface area contributed by atoms with Crippen molar-refractivity contribution in [3.63, 3.8) is 0 Å². The number of nitrogens with zero attached hydrogens (tertiary/aromatic N) is 3. The maximum absolute atomic E-state index is 4.43. The first-order valence-electron chi connectivity index (χ1n) is 5.99. The van der Waals surface area contributed by atoms with Crippen molar-refractivity contribution in [2.75, 3.05) is 31.1 Å². The van der Waals surface area contributed by atoms with Crippen molar-refractivity contribution in [1.82, 2.24) is 10.3 Å². The SMILES string of the molecule is c1ccc(N2CCC[N+]3=C2NCCC3)nc1. The molecule has 0 amide bonds. The van der Waals surface area contributed by atoms with Gasteiger partial charge in [-0.3, -0.25) is 9.89 Å². The van der Waals surface area contributed by atoms with Crippen LogP contribution in [0, 0.1) is 0 Å². The highest BCUT2D eigenvalue weighted by atomic mass is 15.4. The van der Waals surface area contributed by atoms with E-state index in [1.807, 2.05) is 18.3 Å². The number of nitrogens with one attached hydrogen (secondary N) is 1. The predicted molar refractivity (Wildman–Crippen MR) is 63.8 cm³/mol. The maximum atomic E-state index is 4.43. The van der Waals surface area contributed by atoms with E-state index in [0.29, 0.717) is 0 Å². The largest absolute Gasteiger partial charge is 0.354 e. The molecule has 3 rings (SSSR count). The molecular weight excluding hydrogens is 200 g/mol. The molecule has 2 aliphatic rings. The summed E-state index contributed by atoms with van der Waals surface area (Å²) in [4.78, 5) is 6.73. The molecule has 2 aliphatic heterocycles. The number of hydrogen-bond acceptors (Lipinski definition) is 3. The van der Waals surface area contributed by atoms with Crippen LogP contribution < -0.4 is 10.2 Å². The van der Waals surface area contributed by atoms with E-state index >= 15 is 0 Å². The summed E-state index contributed by atoms with van der Waals surface area (Å²) < 4.78 is 2.43. The van der Waals surface area contributed by atoms with E-state index in [9.17, 15) is 0 Å². The lowest BCUT2D eigenvalue weighted by Gasteiger charge is -2.29. The van der Waals surface area contributed by atoms with Crippen LogP contribution in [0.15, 0.2) is 24.4 Å². The van der Waals surface area contributed by atoms with Gasteiger partial charge in [-0.25, -0.2) is 9.88 Å². The molecule has 0 aliphatic carbocycles. The molecule has 0 bridgehead atoms. The lowest BCUT2D eigenvalue weighted by molar-refractivity contribution is -0.538. The number of aromatic nitrogens is 1. The highest BCUT2D eigenvalue weighted by Crippen LogP contribution is 2.14. The van der Waals surface area contributed by atoms with Gasteiger partial charge >= 0.3 is 5.96 Å². The first kappa shape index (κ1) is 9.63. The van der Waals surface area contributed by atoms with Gasteiger partial charge in [-0.15, -0.1) is 0 Å². The van der Waals surface area contributed by atoms with Gasteiger partial charge in [-0.2, -0.15) is 0 Å². The summed E-state index contributed by atoms with van der Waals surface area (Å²) in [6.07, 6.45) is 4.30. The summed E-state index contributed by atoms with van der Waals surface area (Å²) in [7, 11) is 0. The second-order valence-electron chi connectivity index (χ2n) is 4.28. The molecule has 16 heavy (non-hydrogen) atoms. The van der Waals surface area contributed by atoms with Gasteiger partial charge in [-0.05, 0) is 12.1 Å². The Morgan fingerprint density at radius 2 is 2.19 bits per heavy atom. The third-order valence-corrected chi connectivity index (χ3v) is 3.18. The summed E-state index contributed by atoms with van der Waals surface area (Å²) in [6, 6.07) is 6.08. The Balaban J connectivity index is 1.95. The number of anilines is 1. The van der Waals surface area contributed by atoms with Crippen LogP contribution in [-0.2, 0) is 0 Å². The van der Waals surface area contributed by atoms with Crippen LogP contribution in [0.3, 0.4) is 0 Å². The van der Waals surface area contributed by atoms with E-state index < -0.39 is 0 Å². The number of hydrogen-bond donors (Lipinski definition) is 1. The normalized spacial score (nSPS) is 20.4. The summed E-state index contributed by atoms with van der Waals surface area (Å²) >= 11 is 0. The molecule has 1 aromatic rings. The molecule has 0 saturated carbocycles. The number of pyridine rings is 1. The standard InChI is InChI=1S/C12H16N4/c1-2-6-13-11(5-1)16-10-4-9-15-8-3-7-14-12(15)16/h1-2,5-6H,3-4,7-10H2/p+1. The first-order valence-corrected chi connectivity index (χ1v) is 5.99. The third kappa shape index (κ3) is 1.64. The zero-order valence-electron chi connectivity index (χ0n) is 9.39. The lowest BCUT2D eigenvalue weighted by Crippen LogP contribution is -2.55. The quantitative estimate of drug-likeness (QED) is 0.701. The van der Waals surface area contributed by atoms with E-state index in [1.165, 1.54) is 31.9 Å². The maximum Gasteiger partial charge on any atom is 0.354 e. The summed E-state index contributed by atoms with van der Waals surface area (Å²) in [5, 5.41) is 3.50. The molecule has 84 valence electrons. The topological polar surface area (TPSA) is 31.2 Å². The van der Waals surface area contributed by atoms with Crippen LogP contribution in [0.5, 0.6) is 0 Å². The second-order valence-corrected chi connectivity index (χ2v) is 4.28. The van der Waals surface area contributed by atoms with E-state index in [-0.39, 0.29) is 0 Å². The molecule has 0 atom stereocenters. The Morgan fingerprint density at radius 3 is 3.06 bits per heavy atom. The highest BCUT2D eigenvalue weighted by molar-refractivity contribution is 5.92. The molecule has 1 aromatic heterocycles. The fourth-order valence-corrected chi connectivity index (χ4v) is 2.43. The molecule has 1 N–H and O–H groups in total. The van der Waals surface area contributed by atoms with Crippen molar-refractivity contribution >= 4 is 11.8 Å². The molecule has 4 heteroatoms. The lowest BCUT2D eigenvalue weighted by atomic mass is 10.2. The molecule has 0 saturated heterocycles. The molecular formula is C12H17N4+. The van der Waals surface area contributed by atoms with Gasteiger partial charge in [0.05, 0.1) is 26.2 Å². The monoisotopic (exact) mass is 217 g/mol. The zero-order chi connectivity index (χ0) is 10.8. The van der Waals surface area contributed by atoms with Crippen LogP contribution >= 0.6 is 0 Å². The highest BCUT2D eigenvalue weighted by Gasteiger charge is 2.30. The van der Waals surface area contributed by atoms with Crippen molar-refractivity contribution in [1.29, 1.82) is 0 Å². The molecule has 3 heterocycles. The Labute approximate surface area is 95.6 Å². The summed E-state index contributed by atoms with van der Waals surface area (Å²) in [6.45, 7) is 4.49. The minimum atomic E-state index is 1.05. The van der Waals surface area contributed by atoms with Crippen molar-refractivity contribution in [2.24, 2.45) is 0 Å². The van der Waals surface area contributed by atoms with Crippen LogP contribution in [0.25, 0.3) is 0 Å². The van der Waals surface area contributed by atoms with Gasteiger partial charge < -0.3 is 0 Å². The predicted octanol–water partition coefficient (Wildman–Crippen LogP) is 0.653. The first-order chi connectivity index (χ1) is 7.95. The zero-order valence-corrected chi connectivity index (χ0v) is 9.39. The van der Waals surface area contributed by atoms with Gasteiger partial charge in [0, 0.05) is 19.0 Å². The number of guanidine groups is 1. The Hall–Kier alpha value is -1.58. The molecule has 0 fully saturated rings. The van der Waals surface area contributed by atoms with Crippen LogP contribution in [0.4, 0.5) is 5.82 Å². The van der Waals surface area contributed by atoms with Crippen LogP contribution in [-0.4, -0.2) is 41.7 Å². The van der Waals surface area contributed by atoms with Crippen LogP contribution in [0.1, 0.15) is 12.8 Å². The van der Waals surface area contributed by atoms with Crippen molar-refractivity contribution < 1.29 is 4.58 Å². The van der Waals surface area contributed by atoms with Crippen molar-refractivity contribution in [2.45, 2.75) is 12.8 Å². The minimum absolute atomic E-state index is 1.05. The summed E-state index contributed by atoms with van der Waals surface area (Å²) in [5.41, 5.74) is 0. The average Bonchev–Trinajstić information content (AvgIpc) is 2.39. The fourth-order valence-electron chi connectivity index (χ4n) is 2.43. The summed E-state index contributed by atoms with van der Waals surface area (Å²) in [5.74, 6) is 2.30. The van der Waals surface area contributed by atoms with Crippen molar-refractivity contribution in [3.05, 3.63) is 24.4 Å². The van der Waals surface area contributed by atoms with E-state index in [1.54, 1.807) is 0 Å². The molecule has 4 nitrogen and oxygen atoms in total. The average molecular weight is 217 g/mol. The smallest absolute Gasteiger partial charge is 0.277 e. The van der Waals surface area contributed by atoms with Gasteiger partial charge in [0.15, 0.2) is 5.82 Å². The minimum Gasteiger partial charge on any atom is -0.277 e. The van der Waals surface area contributed by atoms with E-state index in [2.05, 4.69) is 25.8 Å². The van der Waals surface area contributed by atoms with Gasteiger partial charge in [0.1, 0.15) is 0 Å². The molecule has 0 spiro atoms. The van der Waals surface area contributed by atoms with Gasteiger partial charge in [-0.1, -0.05) is 6.07 Å². The molecule has 0 radical (unpaired) electrons. The van der Waals surface area contributed by atoms with Gasteiger partial charge in [0.25, 0.3) is 0 Å². The van der Waals surface area contributed by atoms with E-state index in [4.69, 9.17) is 0 Å². The molecule has 0 unspecified atom stereocenters. The third-order valence-electron chi connectivity index (χ3n) is 3.18. The Morgan fingerprint density at radius 1 is 1.25 bits per heavy atom. The Kier molecular flexibility index (Phi) is 2.48.